The molecule has 7 heteroatoms. The van der Waals surface area contributed by atoms with Gasteiger partial charge in [0.25, 0.3) is 0 Å². The number of nitrogens with one attached hydrogen (secondary N) is 2. The number of benzene rings is 2. The van der Waals surface area contributed by atoms with Crippen LogP contribution in [0.1, 0.15) is 5.56 Å². The summed E-state index contributed by atoms with van der Waals surface area (Å²) in [6.07, 6.45) is 0. The van der Waals surface area contributed by atoms with Crippen molar-refractivity contribution in [3.05, 3.63) is 57.0 Å². The Morgan fingerprint density at radius 3 is 2.62 bits per heavy atom. The zero-order valence-electron chi connectivity index (χ0n) is 10.8. The molecular weight excluding hydrogens is 382 g/mol. The molecule has 21 heavy (non-hydrogen) atoms. The van der Waals surface area contributed by atoms with Gasteiger partial charge < -0.3 is 10.6 Å². The normalized spacial score (nSPS) is 10.3. The second-order valence-corrected chi connectivity index (χ2v) is 5.91. The third kappa shape index (κ3) is 3.90. The second-order valence-electron chi connectivity index (χ2n) is 4.24. The van der Waals surface area contributed by atoms with E-state index in [1.54, 1.807) is 18.2 Å². The van der Waals surface area contributed by atoms with E-state index in [-0.39, 0.29) is 15.3 Å². The average molecular weight is 392 g/mol. The van der Waals surface area contributed by atoms with Crippen molar-refractivity contribution in [3.8, 4) is 0 Å². The Labute approximate surface area is 139 Å². The van der Waals surface area contributed by atoms with Crippen molar-refractivity contribution in [3.63, 3.8) is 0 Å². The van der Waals surface area contributed by atoms with Crippen LogP contribution in [0.4, 0.5) is 20.2 Å². The summed E-state index contributed by atoms with van der Waals surface area (Å²) in [5.74, 6) is -1.41. The number of anilines is 2. The van der Waals surface area contributed by atoms with E-state index in [4.69, 9.17) is 23.8 Å². The van der Waals surface area contributed by atoms with E-state index >= 15 is 0 Å². The fourth-order valence-electron chi connectivity index (χ4n) is 1.67. The second kappa shape index (κ2) is 6.68. The summed E-state index contributed by atoms with van der Waals surface area (Å²) >= 11 is 14.2. The molecular formula is C14H10BrClF2N2S. The van der Waals surface area contributed by atoms with Crippen molar-refractivity contribution in [2.45, 2.75) is 6.92 Å². The Hall–Kier alpha value is -1.24. The summed E-state index contributed by atoms with van der Waals surface area (Å²) < 4.78 is 27.0. The average Bonchev–Trinajstić information content (AvgIpc) is 2.39. The molecule has 0 unspecified atom stereocenters. The van der Waals surface area contributed by atoms with Crippen LogP contribution in [0.5, 0.6) is 0 Å². The predicted molar refractivity (Wildman–Crippen MR) is 90.1 cm³/mol. The quantitative estimate of drug-likeness (QED) is 0.661. The minimum atomic E-state index is -0.742. The summed E-state index contributed by atoms with van der Waals surface area (Å²) in [6, 6.07) is 7.26. The summed E-state index contributed by atoms with van der Waals surface area (Å²) in [5, 5.41) is 6.38. The highest BCUT2D eigenvalue weighted by Crippen LogP contribution is 2.28. The SMILES string of the molecule is Cc1c(Cl)cccc1NC(=S)Nc1c(F)cc(F)cc1Br. The lowest BCUT2D eigenvalue weighted by Crippen LogP contribution is -2.20. The molecule has 0 saturated carbocycles. The van der Waals surface area contributed by atoms with Gasteiger partial charge in [0, 0.05) is 21.2 Å². The molecule has 2 rings (SSSR count). The molecule has 0 bridgehead atoms. The Bertz CT molecular complexity index is 686. The van der Waals surface area contributed by atoms with Crippen molar-refractivity contribution < 1.29 is 8.78 Å². The van der Waals surface area contributed by atoms with Crippen molar-refractivity contribution in [2.75, 3.05) is 10.6 Å². The lowest BCUT2D eigenvalue weighted by Gasteiger charge is -2.14. The van der Waals surface area contributed by atoms with Gasteiger partial charge in [-0.3, -0.25) is 0 Å². The van der Waals surface area contributed by atoms with E-state index in [1.165, 1.54) is 0 Å². The highest BCUT2D eigenvalue weighted by Gasteiger charge is 2.12. The van der Waals surface area contributed by atoms with E-state index in [0.29, 0.717) is 10.7 Å². The smallest absolute Gasteiger partial charge is 0.175 e. The van der Waals surface area contributed by atoms with E-state index in [9.17, 15) is 8.78 Å². The molecule has 0 radical (unpaired) electrons. The molecule has 0 atom stereocenters. The highest BCUT2D eigenvalue weighted by atomic mass is 79.9. The molecule has 0 heterocycles. The maximum Gasteiger partial charge on any atom is 0.175 e. The first-order valence-corrected chi connectivity index (χ1v) is 7.44. The molecule has 2 aromatic carbocycles. The Morgan fingerprint density at radius 2 is 1.95 bits per heavy atom. The van der Waals surface area contributed by atoms with Gasteiger partial charge in [0.1, 0.15) is 5.82 Å². The lowest BCUT2D eigenvalue weighted by atomic mass is 10.2. The van der Waals surface area contributed by atoms with Gasteiger partial charge in [-0.2, -0.15) is 0 Å². The van der Waals surface area contributed by atoms with E-state index in [0.717, 1.165) is 17.7 Å². The van der Waals surface area contributed by atoms with E-state index in [2.05, 4.69) is 26.6 Å². The summed E-state index contributed by atoms with van der Waals surface area (Å²) in [5.41, 5.74) is 1.59. The van der Waals surface area contributed by atoms with Crippen molar-refractivity contribution in [1.29, 1.82) is 0 Å². The van der Waals surface area contributed by atoms with Crippen LogP contribution in [-0.4, -0.2) is 5.11 Å². The van der Waals surface area contributed by atoms with Crippen LogP contribution in [0, 0.1) is 18.6 Å². The molecule has 2 aromatic rings. The van der Waals surface area contributed by atoms with Crippen molar-refractivity contribution in [1.82, 2.24) is 0 Å². The standard InChI is InChI=1S/C14H10BrClF2N2S/c1-7-10(16)3-2-4-12(7)19-14(21)20-13-9(15)5-8(17)6-11(13)18/h2-6H,1H3,(H2,19,20,21). The molecule has 0 saturated heterocycles. The maximum absolute atomic E-state index is 13.7. The summed E-state index contributed by atoms with van der Waals surface area (Å²) in [4.78, 5) is 0. The lowest BCUT2D eigenvalue weighted by molar-refractivity contribution is 0.585. The van der Waals surface area contributed by atoms with Gasteiger partial charge in [0.05, 0.1) is 5.69 Å². The van der Waals surface area contributed by atoms with Crippen LogP contribution in [0.3, 0.4) is 0 Å². The fourth-order valence-corrected chi connectivity index (χ4v) is 2.57. The molecule has 0 fully saturated rings. The van der Waals surface area contributed by atoms with Crippen LogP contribution < -0.4 is 10.6 Å². The van der Waals surface area contributed by atoms with E-state index < -0.39 is 11.6 Å². The highest BCUT2D eigenvalue weighted by molar-refractivity contribution is 9.10. The first-order chi connectivity index (χ1) is 9.88. The van der Waals surface area contributed by atoms with Gasteiger partial charge in [-0.05, 0) is 58.8 Å². The minimum absolute atomic E-state index is 0.0635. The zero-order valence-corrected chi connectivity index (χ0v) is 14.0. The third-order valence-corrected chi connectivity index (χ3v) is 4.00. The fraction of sp³-hybridized carbons (Fsp3) is 0.0714. The van der Waals surface area contributed by atoms with Gasteiger partial charge in [-0.15, -0.1) is 0 Å². The summed E-state index contributed by atoms with van der Waals surface area (Å²) in [7, 11) is 0. The van der Waals surface area contributed by atoms with Gasteiger partial charge in [0.2, 0.25) is 0 Å². The Morgan fingerprint density at radius 1 is 1.24 bits per heavy atom. The van der Waals surface area contributed by atoms with Crippen molar-refractivity contribution >= 4 is 56.2 Å². The molecule has 0 aromatic heterocycles. The number of hydrogen-bond donors (Lipinski definition) is 2. The minimum Gasteiger partial charge on any atom is -0.332 e. The van der Waals surface area contributed by atoms with Crippen molar-refractivity contribution in [2.24, 2.45) is 0 Å². The van der Waals surface area contributed by atoms with Crippen LogP contribution in [0.25, 0.3) is 0 Å². The molecule has 0 spiro atoms. The molecule has 0 aliphatic rings. The Kier molecular flexibility index (Phi) is 5.13. The van der Waals surface area contributed by atoms with Crippen LogP contribution >= 0.6 is 39.7 Å². The number of hydrogen-bond acceptors (Lipinski definition) is 1. The van der Waals surface area contributed by atoms with Crippen LogP contribution in [0.15, 0.2) is 34.8 Å². The molecule has 0 aliphatic carbocycles. The van der Waals surface area contributed by atoms with Gasteiger partial charge in [0.15, 0.2) is 10.9 Å². The van der Waals surface area contributed by atoms with Crippen LogP contribution in [0.2, 0.25) is 5.02 Å². The van der Waals surface area contributed by atoms with Gasteiger partial charge >= 0.3 is 0 Å². The summed E-state index contributed by atoms with van der Waals surface area (Å²) in [6.45, 7) is 1.83. The monoisotopic (exact) mass is 390 g/mol. The first-order valence-electron chi connectivity index (χ1n) is 5.86. The largest absolute Gasteiger partial charge is 0.332 e. The zero-order chi connectivity index (χ0) is 15.6. The first kappa shape index (κ1) is 16.1. The number of thiocarbonyl (C=S) groups is 1. The number of rotatable bonds is 2. The molecule has 110 valence electrons. The topological polar surface area (TPSA) is 24.1 Å². The number of halogens is 4. The molecule has 2 nitrogen and oxygen atoms in total. The molecule has 0 aliphatic heterocycles. The Balaban J connectivity index is 2.18. The maximum atomic E-state index is 13.7. The van der Waals surface area contributed by atoms with Crippen LogP contribution in [-0.2, 0) is 0 Å². The molecule has 0 amide bonds. The van der Waals surface area contributed by atoms with E-state index in [1.807, 2.05) is 6.92 Å². The van der Waals surface area contributed by atoms with Gasteiger partial charge in [-0.1, -0.05) is 17.7 Å². The predicted octanol–water partition coefficient (Wildman–Crippen LogP) is 5.50. The molecule has 2 N–H and O–H groups in total. The third-order valence-electron chi connectivity index (χ3n) is 2.76. The van der Waals surface area contributed by atoms with Gasteiger partial charge in [-0.25, -0.2) is 8.78 Å².